The lowest BCUT2D eigenvalue weighted by atomic mass is 9.93. The number of carbonyl (C=O) groups excluding carboxylic acids is 2. The summed E-state index contributed by atoms with van der Waals surface area (Å²) < 4.78 is 10.7. The van der Waals surface area contributed by atoms with Crippen molar-refractivity contribution in [2.24, 2.45) is 5.92 Å². The molecule has 0 saturated heterocycles. The van der Waals surface area contributed by atoms with Crippen LogP contribution in [0.15, 0.2) is 11.1 Å². The van der Waals surface area contributed by atoms with Gasteiger partial charge in [0.25, 0.3) is 0 Å². The second kappa shape index (κ2) is 14.1. The first-order valence-electron chi connectivity index (χ1n) is 9.56. The van der Waals surface area contributed by atoms with E-state index in [9.17, 15) is 9.59 Å². The predicted molar refractivity (Wildman–Crippen MR) is 97.7 cm³/mol. The highest BCUT2D eigenvalue weighted by molar-refractivity contribution is 6.00. The van der Waals surface area contributed by atoms with Crippen molar-refractivity contribution in [2.45, 2.75) is 86.0 Å². The highest BCUT2D eigenvalue weighted by Crippen LogP contribution is 2.23. The third-order valence-electron chi connectivity index (χ3n) is 3.86. The Bertz CT molecular complexity index is 396. The molecule has 4 nitrogen and oxygen atoms in total. The Morgan fingerprint density at radius 2 is 1.25 bits per heavy atom. The summed E-state index contributed by atoms with van der Waals surface area (Å²) in [6, 6.07) is 0. The van der Waals surface area contributed by atoms with Gasteiger partial charge < -0.3 is 9.47 Å². The molecule has 0 radical (unpaired) electrons. The highest BCUT2D eigenvalue weighted by atomic mass is 16.5. The Hall–Kier alpha value is -1.32. The Kier molecular flexibility index (Phi) is 13.3. The number of ether oxygens (including phenoxy) is 2. The Morgan fingerprint density at radius 3 is 1.71 bits per heavy atom. The zero-order chi connectivity index (χ0) is 18.4. The SMILES string of the molecule is CCCCC/C(C(=O)OCCCC)=C(/C(=O)OCCCC)C(C)C. The van der Waals surface area contributed by atoms with Gasteiger partial charge in [0, 0.05) is 5.57 Å². The first-order chi connectivity index (χ1) is 11.5. The van der Waals surface area contributed by atoms with Crippen LogP contribution in [0.3, 0.4) is 0 Å². The van der Waals surface area contributed by atoms with Gasteiger partial charge in [-0.2, -0.15) is 0 Å². The van der Waals surface area contributed by atoms with E-state index in [1.807, 2.05) is 20.8 Å². The average molecular weight is 341 g/mol. The molecule has 0 N–H and O–H groups in total. The fourth-order valence-electron chi connectivity index (χ4n) is 2.39. The molecule has 4 heteroatoms. The van der Waals surface area contributed by atoms with E-state index in [0.717, 1.165) is 44.9 Å². The van der Waals surface area contributed by atoms with Crippen molar-refractivity contribution < 1.29 is 19.1 Å². The lowest BCUT2D eigenvalue weighted by molar-refractivity contribution is -0.143. The molecule has 140 valence electrons. The zero-order valence-electron chi connectivity index (χ0n) is 16.3. The molecule has 0 aliphatic rings. The van der Waals surface area contributed by atoms with Gasteiger partial charge in [0.15, 0.2) is 0 Å². The van der Waals surface area contributed by atoms with Crippen molar-refractivity contribution in [1.82, 2.24) is 0 Å². The number of rotatable bonds is 13. The summed E-state index contributed by atoms with van der Waals surface area (Å²) in [5.41, 5.74) is 1.000. The molecule has 0 bridgehead atoms. The maximum absolute atomic E-state index is 12.5. The van der Waals surface area contributed by atoms with Crippen LogP contribution in [0.1, 0.15) is 86.0 Å². The summed E-state index contributed by atoms with van der Waals surface area (Å²) in [7, 11) is 0. The number of carbonyl (C=O) groups is 2. The van der Waals surface area contributed by atoms with Gasteiger partial charge in [-0.25, -0.2) is 9.59 Å². The molecular weight excluding hydrogens is 304 g/mol. The van der Waals surface area contributed by atoms with E-state index >= 15 is 0 Å². The number of unbranched alkanes of at least 4 members (excludes halogenated alkanes) is 4. The third kappa shape index (κ3) is 9.09. The van der Waals surface area contributed by atoms with Crippen LogP contribution in [0, 0.1) is 5.92 Å². The first-order valence-corrected chi connectivity index (χ1v) is 9.56. The molecule has 0 spiro atoms. The molecule has 0 aromatic rings. The van der Waals surface area contributed by atoms with Crippen LogP contribution >= 0.6 is 0 Å². The summed E-state index contributed by atoms with van der Waals surface area (Å²) in [5, 5.41) is 0. The predicted octanol–water partition coefficient (Wildman–Crippen LogP) is 5.21. The van der Waals surface area contributed by atoms with E-state index in [2.05, 4.69) is 13.8 Å². The molecular formula is C20H36O4. The monoisotopic (exact) mass is 340 g/mol. The molecule has 0 amide bonds. The van der Waals surface area contributed by atoms with Gasteiger partial charge in [-0.05, 0) is 31.6 Å². The Morgan fingerprint density at radius 1 is 0.750 bits per heavy atom. The van der Waals surface area contributed by atoms with Crippen LogP contribution < -0.4 is 0 Å². The molecule has 0 fully saturated rings. The Labute approximate surface area is 148 Å². The maximum atomic E-state index is 12.5. The summed E-state index contributed by atoms with van der Waals surface area (Å²) in [4.78, 5) is 25.0. The molecule has 0 aliphatic heterocycles. The van der Waals surface area contributed by atoms with Crippen molar-refractivity contribution in [2.75, 3.05) is 13.2 Å². The summed E-state index contributed by atoms with van der Waals surface area (Å²) in [6.45, 7) is 10.9. The van der Waals surface area contributed by atoms with Crippen LogP contribution in [0.4, 0.5) is 0 Å². The highest BCUT2D eigenvalue weighted by Gasteiger charge is 2.25. The van der Waals surface area contributed by atoms with Gasteiger partial charge >= 0.3 is 11.9 Å². The maximum Gasteiger partial charge on any atom is 0.334 e. The van der Waals surface area contributed by atoms with E-state index < -0.39 is 0 Å². The van der Waals surface area contributed by atoms with Crippen molar-refractivity contribution in [3.8, 4) is 0 Å². The third-order valence-corrected chi connectivity index (χ3v) is 3.86. The standard InChI is InChI=1S/C20H36O4/c1-6-9-12-13-17(19(21)23-14-10-7-2)18(16(4)5)20(22)24-15-11-8-3/h16H,6-15H2,1-5H3/b18-17-. The van der Waals surface area contributed by atoms with Crippen LogP contribution in [0.5, 0.6) is 0 Å². The molecule has 0 aromatic carbocycles. The van der Waals surface area contributed by atoms with Crippen LogP contribution in [0.2, 0.25) is 0 Å². The lowest BCUT2D eigenvalue weighted by Crippen LogP contribution is -2.21. The van der Waals surface area contributed by atoms with E-state index in [1.165, 1.54) is 0 Å². The Balaban J connectivity index is 5.28. The minimum Gasteiger partial charge on any atom is -0.462 e. The summed E-state index contributed by atoms with van der Waals surface area (Å²) in [6.07, 6.45) is 7.17. The average Bonchev–Trinajstić information content (AvgIpc) is 2.54. The van der Waals surface area contributed by atoms with Crippen LogP contribution in [-0.2, 0) is 19.1 Å². The first kappa shape index (κ1) is 22.7. The van der Waals surface area contributed by atoms with Gasteiger partial charge in [-0.15, -0.1) is 0 Å². The van der Waals surface area contributed by atoms with E-state index in [-0.39, 0.29) is 17.9 Å². The number of hydrogen-bond acceptors (Lipinski definition) is 4. The van der Waals surface area contributed by atoms with Crippen molar-refractivity contribution in [3.63, 3.8) is 0 Å². The molecule has 0 saturated carbocycles. The quantitative estimate of drug-likeness (QED) is 0.262. The number of esters is 2. The van der Waals surface area contributed by atoms with Crippen molar-refractivity contribution >= 4 is 11.9 Å². The lowest BCUT2D eigenvalue weighted by Gasteiger charge is -2.17. The molecule has 0 rings (SSSR count). The molecule has 0 atom stereocenters. The summed E-state index contributed by atoms with van der Waals surface area (Å²) in [5.74, 6) is -0.775. The fraction of sp³-hybridized carbons (Fsp3) is 0.800. The molecule has 0 unspecified atom stereocenters. The van der Waals surface area contributed by atoms with Gasteiger partial charge in [-0.1, -0.05) is 60.3 Å². The normalized spacial score (nSPS) is 12.1. The summed E-state index contributed by atoms with van der Waals surface area (Å²) >= 11 is 0. The molecule has 0 heterocycles. The minimum absolute atomic E-state index is 0.0607. The van der Waals surface area contributed by atoms with Gasteiger partial charge in [0.1, 0.15) is 0 Å². The van der Waals surface area contributed by atoms with E-state index in [0.29, 0.717) is 30.8 Å². The van der Waals surface area contributed by atoms with E-state index in [1.54, 1.807) is 0 Å². The molecule has 0 aromatic heterocycles. The molecule has 24 heavy (non-hydrogen) atoms. The largest absolute Gasteiger partial charge is 0.462 e. The second-order valence-corrected chi connectivity index (χ2v) is 6.48. The molecule has 0 aliphatic carbocycles. The number of hydrogen-bond donors (Lipinski definition) is 0. The van der Waals surface area contributed by atoms with E-state index in [4.69, 9.17) is 9.47 Å². The van der Waals surface area contributed by atoms with Crippen molar-refractivity contribution in [1.29, 1.82) is 0 Å². The zero-order valence-corrected chi connectivity index (χ0v) is 16.3. The second-order valence-electron chi connectivity index (χ2n) is 6.48. The van der Waals surface area contributed by atoms with Gasteiger partial charge in [-0.3, -0.25) is 0 Å². The van der Waals surface area contributed by atoms with Gasteiger partial charge in [0.05, 0.1) is 18.8 Å². The van der Waals surface area contributed by atoms with Gasteiger partial charge in [0.2, 0.25) is 0 Å². The van der Waals surface area contributed by atoms with Crippen LogP contribution in [-0.4, -0.2) is 25.2 Å². The fourth-order valence-corrected chi connectivity index (χ4v) is 2.39. The smallest absolute Gasteiger partial charge is 0.334 e. The van der Waals surface area contributed by atoms with Crippen molar-refractivity contribution in [3.05, 3.63) is 11.1 Å². The topological polar surface area (TPSA) is 52.6 Å². The van der Waals surface area contributed by atoms with Crippen LogP contribution in [0.25, 0.3) is 0 Å². The minimum atomic E-state index is -0.364.